The summed E-state index contributed by atoms with van der Waals surface area (Å²) in [5, 5.41) is 3.33. The Balaban J connectivity index is 2.92. The average molecular weight is 328 g/mol. The molecule has 1 N–H and O–H groups in total. The zero-order chi connectivity index (χ0) is 14.4. The van der Waals surface area contributed by atoms with E-state index in [1.165, 1.54) is 7.11 Å². The Labute approximate surface area is 123 Å². The summed E-state index contributed by atoms with van der Waals surface area (Å²) < 4.78 is 5.93. The summed E-state index contributed by atoms with van der Waals surface area (Å²) in [6.07, 6.45) is 2.85. The van der Waals surface area contributed by atoms with Crippen LogP contribution >= 0.6 is 15.9 Å². The molecule has 0 spiro atoms. The van der Waals surface area contributed by atoms with Crippen LogP contribution in [-0.4, -0.2) is 19.1 Å². The number of nitrogens with one attached hydrogen (secondary N) is 1. The van der Waals surface area contributed by atoms with Crippen molar-refractivity contribution in [1.82, 2.24) is 0 Å². The molecule has 106 valence electrons. The van der Waals surface area contributed by atoms with Crippen LogP contribution in [0.15, 0.2) is 16.6 Å². The largest absolute Gasteiger partial charge is 0.467 e. The van der Waals surface area contributed by atoms with Crippen molar-refractivity contribution in [1.29, 1.82) is 0 Å². The van der Waals surface area contributed by atoms with E-state index in [-0.39, 0.29) is 12.0 Å². The molecule has 4 heteroatoms. The van der Waals surface area contributed by atoms with Crippen molar-refractivity contribution in [3.05, 3.63) is 27.7 Å². The average Bonchev–Trinajstić information content (AvgIpc) is 2.36. The number of esters is 1. The number of unbranched alkanes of at least 4 members (excludes halogenated alkanes) is 1. The van der Waals surface area contributed by atoms with Crippen LogP contribution in [0.5, 0.6) is 0 Å². The molecule has 1 aromatic rings. The third-order valence-electron chi connectivity index (χ3n) is 3.15. The van der Waals surface area contributed by atoms with Gasteiger partial charge in [-0.15, -0.1) is 0 Å². The van der Waals surface area contributed by atoms with Gasteiger partial charge in [-0.25, -0.2) is 4.79 Å². The Morgan fingerprint density at radius 2 is 1.95 bits per heavy atom. The minimum Gasteiger partial charge on any atom is -0.467 e. The van der Waals surface area contributed by atoms with Crippen molar-refractivity contribution in [3.8, 4) is 0 Å². The predicted octanol–water partition coefficient (Wildman–Crippen LogP) is 4.21. The molecule has 0 aliphatic rings. The summed E-state index contributed by atoms with van der Waals surface area (Å²) >= 11 is 3.48. The second-order valence-corrected chi connectivity index (χ2v) is 5.69. The summed E-state index contributed by atoms with van der Waals surface area (Å²) in [5.41, 5.74) is 3.27. The molecule has 0 saturated heterocycles. The summed E-state index contributed by atoms with van der Waals surface area (Å²) in [6, 6.07) is 3.82. The molecular formula is C15H22BrNO2. The van der Waals surface area contributed by atoms with Gasteiger partial charge in [-0.2, -0.15) is 0 Å². The maximum atomic E-state index is 11.8. The van der Waals surface area contributed by atoms with Crippen molar-refractivity contribution in [3.63, 3.8) is 0 Å². The number of hydrogen-bond donors (Lipinski definition) is 1. The molecule has 1 unspecified atom stereocenters. The number of aryl methyl sites for hydroxylation is 2. The van der Waals surface area contributed by atoms with Gasteiger partial charge in [0.05, 0.1) is 7.11 Å². The summed E-state index contributed by atoms with van der Waals surface area (Å²) in [5.74, 6) is -0.199. The van der Waals surface area contributed by atoms with Crippen molar-refractivity contribution in [2.45, 2.75) is 46.1 Å². The molecular weight excluding hydrogens is 306 g/mol. The van der Waals surface area contributed by atoms with Gasteiger partial charge in [-0.1, -0.05) is 35.7 Å². The highest BCUT2D eigenvalue weighted by Gasteiger charge is 2.19. The molecule has 1 aromatic carbocycles. The predicted molar refractivity (Wildman–Crippen MR) is 82.6 cm³/mol. The van der Waals surface area contributed by atoms with Gasteiger partial charge in [0.25, 0.3) is 0 Å². The molecule has 0 aromatic heterocycles. The second-order valence-electron chi connectivity index (χ2n) is 4.78. The molecule has 0 bridgehead atoms. The summed E-state index contributed by atoms with van der Waals surface area (Å²) in [7, 11) is 1.43. The number of methoxy groups -OCH3 is 1. The maximum absolute atomic E-state index is 11.8. The van der Waals surface area contributed by atoms with Crippen LogP contribution in [0.3, 0.4) is 0 Å². The van der Waals surface area contributed by atoms with E-state index in [1.807, 2.05) is 26.0 Å². The Kier molecular flexibility index (Phi) is 6.35. The van der Waals surface area contributed by atoms with Gasteiger partial charge in [-0.05, 0) is 43.5 Å². The SMILES string of the molecule is CCCCC(Nc1c(C)cc(Br)cc1C)C(=O)OC. The lowest BCUT2D eigenvalue weighted by atomic mass is 10.1. The van der Waals surface area contributed by atoms with E-state index in [2.05, 4.69) is 28.2 Å². The van der Waals surface area contributed by atoms with Crippen molar-refractivity contribution in [2.24, 2.45) is 0 Å². The molecule has 0 radical (unpaired) electrons. The molecule has 19 heavy (non-hydrogen) atoms. The normalized spacial score (nSPS) is 12.1. The lowest BCUT2D eigenvalue weighted by Gasteiger charge is -2.20. The first-order valence-electron chi connectivity index (χ1n) is 6.60. The van der Waals surface area contributed by atoms with E-state index in [0.717, 1.165) is 40.5 Å². The van der Waals surface area contributed by atoms with Crippen LogP contribution in [0.1, 0.15) is 37.3 Å². The highest BCUT2D eigenvalue weighted by Crippen LogP contribution is 2.26. The summed E-state index contributed by atoms with van der Waals surface area (Å²) in [6.45, 7) is 6.19. The quantitative estimate of drug-likeness (QED) is 0.795. The van der Waals surface area contributed by atoms with E-state index in [4.69, 9.17) is 4.74 Å². The van der Waals surface area contributed by atoms with Gasteiger partial charge in [0.15, 0.2) is 0 Å². The third-order valence-corrected chi connectivity index (χ3v) is 3.61. The Bertz CT molecular complexity index is 423. The zero-order valence-electron chi connectivity index (χ0n) is 12.0. The number of anilines is 1. The number of carbonyl (C=O) groups is 1. The second kappa shape index (κ2) is 7.53. The number of hydrogen-bond acceptors (Lipinski definition) is 3. The van der Waals surface area contributed by atoms with Crippen molar-refractivity contribution >= 4 is 27.6 Å². The Hall–Kier alpha value is -1.03. The molecule has 1 atom stereocenters. The Morgan fingerprint density at radius 1 is 1.37 bits per heavy atom. The topological polar surface area (TPSA) is 38.3 Å². The van der Waals surface area contributed by atoms with Crippen molar-refractivity contribution in [2.75, 3.05) is 12.4 Å². The van der Waals surface area contributed by atoms with Crippen molar-refractivity contribution < 1.29 is 9.53 Å². The monoisotopic (exact) mass is 327 g/mol. The third kappa shape index (κ3) is 4.53. The van der Waals surface area contributed by atoms with Gasteiger partial charge < -0.3 is 10.1 Å². The number of halogens is 1. The molecule has 0 fully saturated rings. The fourth-order valence-corrected chi connectivity index (χ4v) is 2.80. The van der Waals surface area contributed by atoms with Gasteiger partial charge in [-0.3, -0.25) is 0 Å². The first-order valence-corrected chi connectivity index (χ1v) is 7.40. The van der Waals surface area contributed by atoms with Crippen LogP contribution in [0, 0.1) is 13.8 Å². The highest BCUT2D eigenvalue weighted by atomic mass is 79.9. The van der Waals surface area contributed by atoms with Crippen LogP contribution in [0.4, 0.5) is 5.69 Å². The lowest BCUT2D eigenvalue weighted by Crippen LogP contribution is -2.31. The summed E-state index contributed by atoms with van der Waals surface area (Å²) in [4.78, 5) is 11.8. The van der Waals surface area contributed by atoms with Crippen LogP contribution in [0.25, 0.3) is 0 Å². The minimum absolute atomic E-state index is 0.199. The first kappa shape index (κ1) is 16.0. The number of ether oxygens (including phenoxy) is 1. The Morgan fingerprint density at radius 3 is 2.42 bits per heavy atom. The van der Waals surface area contributed by atoms with E-state index in [1.54, 1.807) is 0 Å². The van der Waals surface area contributed by atoms with E-state index in [9.17, 15) is 4.79 Å². The number of rotatable bonds is 6. The van der Waals surface area contributed by atoms with E-state index in [0.29, 0.717) is 0 Å². The standard InChI is InChI=1S/C15H22BrNO2/c1-5-6-7-13(15(18)19-4)17-14-10(2)8-12(16)9-11(14)3/h8-9,13,17H,5-7H2,1-4H3. The number of benzene rings is 1. The lowest BCUT2D eigenvalue weighted by molar-refractivity contribution is -0.141. The maximum Gasteiger partial charge on any atom is 0.328 e. The van der Waals surface area contributed by atoms with Gasteiger partial charge in [0.1, 0.15) is 6.04 Å². The minimum atomic E-state index is -0.275. The van der Waals surface area contributed by atoms with Gasteiger partial charge >= 0.3 is 5.97 Å². The molecule has 0 saturated carbocycles. The highest BCUT2D eigenvalue weighted by molar-refractivity contribution is 9.10. The van der Waals surface area contributed by atoms with Gasteiger partial charge in [0.2, 0.25) is 0 Å². The number of carbonyl (C=O) groups excluding carboxylic acids is 1. The fourth-order valence-electron chi connectivity index (χ4n) is 2.11. The zero-order valence-corrected chi connectivity index (χ0v) is 13.6. The molecule has 0 amide bonds. The van der Waals surface area contributed by atoms with Crippen LogP contribution in [-0.2, 0) is 9.53 Å². The molecule has 3 nitrogen and oxygen atoms in total. The molecule has 1 rings (SSSR count). The fraction of sp³-hybridized carbons (Fsp3) is 0.533. The molecule has 0 heterocycles. The van der Waals surface area contributed by atoms with Gasteiger partial charge in [0, 0.05) is 10.2 Å². The smallest absolute Gasteiger partial charge is 0.328 e. The molecule has 0 aliphatic heterocycles. The first-order chi connectivity index (χ1) is 8.99. The molecule has 0 aliphatic carbocycles. The van der Waals surface area contributed by atoms with E-state index >= 15 is 0 Å². The van der Waals surface area contributed by atoms with Crippen LogP contribution < -0.4 is 5.32 Å². The van der Waals surface area contributed by atoms with Crippen LogP contribution in [0.2, 0.25) is 0 Å². The van der Waals surface area contributed by atoms with E-state index < -0.39 is 0 Å².